The van der Waals surface area contributed by atoms with Crippen molar-refractivity contribution < 1.29 is 23.7 Å². The second kappa shape index (κ2) is 3.53. The fourth-order valence-corrected chi connectivity index (χ4v) is 2.49. The van der Waals surface area contributed by atoms with Gasteiger partial charge in [0.25, 0.3) is 0 Å². The van der Waals surface area contributed by atoms with Gasteiger partial charge in [0, 0.05) is 18.6 Å². The number of thiocarbonyl (C=S) groups is 1. The molecule has 0 N–H and O–H groups in total. The Morgan fingerprint density at radius 1 is 1.19 bits per heavy atom. The maximum Gasteiger partial charge on any atom is 0.352 e. The molecule has 6 heteroatoms. The molecule has 0 aromatic heterocycles. The molecule has 0 amide bonds. The maximum atomic E-state index is 5.74. The first-order chi connectivity index (χ1) is 7.53. The van der Waals surface area contributed by atoms with Crippen molar-refractivity contribution in [2.45, 2.75) is 50.7 Å². The first-order valence-electron chi connectivity index (χ1n) is 5.38. The molecule has 0 bridgehead atoms. The van der Waals surface area contributed by atoms with Gasteiger partial charge in [-0.25, -0.2) is 0 Å². The van der Waals surface area contributed by atoms with Gasteiger partial charge in [-0.15, -0.1) is 0 Å². The zero-order valence-corrected chi connectivity index (χ0v) is 9.99. The van der Waals surface area contributed by atoms with Crippen LogP contribution >= 0.6 is 12.2 Å². The van der Waals surface area contributed by atoms with E-state index in [4.69, 9.17) is 35.9 Å². The SMILES string of the molecule is CC1(C)O[C@H]2O[C@H](C3COC(=S)O3)C[C@H]2O1. The summed E-state index contributed by atoms with van der Waals surface area (Å²) in [6.07, 6.45) is 0.251. The van der Waals surface area contributed by atoms with Crippen molar-refractivity contribution in [1.29, 1.82) is 0 Å². The fraction of sp³-hybridized carbons (Fsp3) is 0.900. The molecule has 3 heterocycles. The van der Waals surface area contributed by atoms with Crippen LogP contribution in [0.15, 0.2) is 0 Å². The predicted octanol–water partition coefficient (Wildman–Crippen LogP) is 0.953. The third kappa shape index (κ3) is 1.79. The van der Waals surface area contributed by atoms with Gasteiger partial charge < -0.3 is 23.7 Å². The van der Waals surface area contributed by atoms with E-state index in [1.807, 2.05) is 13.8 Å². The van der Waals surface area contributed by atoms with Crippen LogP contribution in [0.2, 0.25) is 0 Å². The van der Waals surface area contributed by atoms with E-state index >= 15 is 0 Å². The van der Waals surface area contributed by atoms with Gasteiger partial charge in [-0.05, 0) is 13.8 Å². The molecular weight excluding hydrogens is 232 g/mol. The topological polar surface area (TPSA) is 46.2 Å². The van der Waals surface area contributed by atoms with E-state index in [0.717, 1.165) is 6.42 Å². The average molecular weight is 246 g/mol. The second-order valence-corrected chi connectivity index (χ2v) is 5.00. The lowest BCUT2D eigenvalue weighted by Crippen LogP contribution is -2.32. The van der Waals surface area contributed by atoms with Gasteiger partial charge >= 0.3 is 5.24 Å². The second-order valence-electron chi connectivity index (χ2n) is 4.67. The lowest BCUT2D eigenvalue weighted by Gasteiger charge is -2.21. The lowest BCUT2D eigenvalue weighted by molar-refractivity contribution is -0.211. The molecular formula is C10H14O5S. The molecule has 0 saturated carbocycles. The summed E-state index contributed by atoms with van der Waals surface area (Å²) >= 11 is 4.81. The molecule has 0 aromatic rings. The van der Waals surface area contributed by atoms with E-state index in [2.05, 4.69) is 0 Å². The molecule has 0 aliphatic carbocycles. The van der Waals surface area contributed by atoms with E-state index in [0.29, 0.717) is 6.61 Å². The molecule has 3 saturated heterocycles. The summed E-state index contributed by atoms with van der Waals surface area (Å²) in [5, 5.41) is 0.202. The highest BCUT2D eigenvalue weighted by Gasteiger charge is 2.51. The minimum atomic E-state index is -0.553. The number of fused-ring (bicyclic) bond motifs is 1. The molecule has 4 atom stereocenters. The Kier molecular flexibility index (Phi) is 2.36. The first-order valence-corrected chi connectivity index (χ1v) is 5.79. The molecule has 16 heavy (non-hydrogen) atoms. The quantitative estimate of drug-likeness (QED) is 0.642. The van der Waals surface area contributed by atoms with Crippen LogP contribution in [-0.2, 0) is 23.7 Å². The van der Waals surface area contributed by atoms with E-state index < -0.39 is 5.79 Å². The van der Waals surface area contributed by atoms with Gasteiger partial charge in [0.05, 0.1) is 0 Å². The smallest absolute Gasteiger partial charge is 0.352 e. The number of ether oxygens (including phenoxy) is 5. The van der Waals surface area contributed by atoms with Crippen LogP contribution in [0.25, 0.3) is 0 Å². The van der Waals surface area contributed by atoms with Crippen LogP contribution in [-0.4, -0.2) is 42.2 Å². The summed E-state index contributed by atoms with van der Waals surface area (Å²) in [7, 11) is 0. The fourth-order valence-electron chi connectivity index (χ4n) is 2.30. The number of hydrogen-bond acceptors (Lipinski definition) is 6. The zero-order chi connectivity index (χ0) is 11.3. The number of rotatable bonds is 1. The molecule has 90 valence electrons. The van der Waals surface area contributed by atoms with Crippen LogP contribution < -0.4 is 0 Å². The summed E-state index contributed by atoms with van der Waals surface area (Å²) in [6, 6.07) is 0. The van der Waals surface area contributed by atoms with Gasteiger partial charge in [0.2, 0.25) is 0 Å². The van der Waals surface area contributed by atoms with Crippen LogP contribution in [0, 0.1) is 0 Å². The predicted molar refractivity (Wildman–Crippen MR) is 56.7 cm³/mol. The summed E-state index contributed by atoms with van der Waals surface area (Å²) in [5.41, 5.74) is 0. The molecule has 0 spiro atoms. The summed E-state index contributed by atoms with van der Waals surface area (Å²) < 4.78 is 27.5. The van der Waals surface area contributed by atoms with Gasteiger partial charge in [-0.3, -0.25) is 0 Å². The van der Waals surface area contributed by atoms with Gasteiger partial charge in [0.1, 0.15) is 18.8 Å². The van der Waals surface area contributed by atoms with Gasteiger partial charge in [-0.1, -0.05) is 0 Å². The van der Waals surface area contributed by atoms with Crippen molar-refractivity contribution >= 4 is 17.5 Å². The van der Waals surface area contributed by atoms with Crippen molar-refractivity contribution in [2.75, 3.05) is 6.61 Å². The Labute approximate surface area is 98.9 Å². The molecule has 1 unspecified atom stereocenters. The minimum Gasteiger partial charge on any atom is -0.453 e. The van der Waals surface area contributed by atoms with Crippen molar-refractivity contribution in [3.63, 3.8) is 0 Å². The molecule has 3 aliphatic rings. The maximum absolute atomic E-state index is 5.74. The van der Waals surface area contributed by atoms with Crippen LogP contribution in [0.1, 0.15) is 20.3 Å². The van der Waals surface area contributed by atoms with Gasteiger partial charge in [-0.2, -0.15) is 0 Å². The highest BCUT2D eigenvalue weighted by Crippen LogP contribution is 2.38. The Bertz CT molecular complexity index is 302. The first kappa shape index (κ1) is 10.7. The normalized spacial score (nSPS) is 45.2. The molecule has 3 fully saturated rings. The van der Waals surface area contributed by atoms with Gasteiger partial charge in [0.15, 0.2) is 18.2 Å². The summed E-state index contributed by atoms with van der Waals surface area (Å²) in [6.45, 7) is 4.22. The van der Waals surface area contributed by atoms with Crippen molar-refractivity contribution in [3.05, 3.63) is 0 Å². The Morgan fingerprint density at radius 3 is 2.62 bits per heavy atom. The van der Waals surface area contributed by atoms with Crippen LogP contribution in [0.3, 0.4) is 0 Å². The van der Waals surface area contributed by atoms with E-state index in [1.165, 1.54) is 0 Å². The lowest BCUT2D eigenvalue weighted by atomic mass is 10.1. The standard InChI is InChI=1S/C10H14O5S/c1-10(2)14-6-3-5(12-8(6)15-10)7-4-11-9(16)13-7/h5-8H,3-4H2,1-2H3/t5-,6+,7?,8+/m0/s1. The minimum absolute atomic E-state index is 0.0160. The highest BCUT2D eigenvalue weighted by molar-refractivity contribution is 7.79. The Balaban J connectivity index is 1.62. The van der Waals surface area contributed by atoms with E-state index in [-0.39, 0.29) is 29.8 Å². The van der Waals surface area contributed by atoms with E-state index in [1.54, 1.807) is 0 Å². The molecule has 3 aliphatic heterocycles. The third-order valence-electron chi connectivity index (χ3n) is 2.94. The molecule has 3 rings (SSSR count). The van der Waals surface area contributed by atoms with E-state index in [9.17, 15) is 0 Å². The van der Waals surface area contributed by atoms with Crippen LogP contribution in [0.5, 0.6) is 0 Å². The largest absolute Gasteiger partial charge is 0.453 e. The summed E-state index contributed by atoms with van der Waals surface area (Å²) in [5.74, 6) is -0.553. The van der Waals surface area contributed by atoms with Crippen molar-refractivity contribution in [3.8, 4) is 0 Å². The number of hydrogen-bond donors (Lipinski definition) is 0. The van der Waals surface area contributed by atoms with Crippen molar-refractivity contribution in [1.82, 2.24) is 0 Å². The molecule has 5 nitrogen and oxygen atoms in total. The molecule has 0 aromatic carbocycles. The molecule has 0 radical (unpaired) electrons. The monoisotopic (exact) mass is 246 g/mol. The summed E-state index contributed by atoms with van der Waals surface area (Å²) in [4.78, 5) is 0. The average Bonchev–Trinajstić information content (AvgIpc) is 2.77. The Morgan fingerprint density at radius 2 is 2.00 bits per heavy atom. The Hall–Kier alpha value is -0.430. The van der Waals surface area contributed by atoms with Crippen LogP contribution in [0.4, 0.5) is 0 Å². The zero-order valence-electron chi connectivity index (χ0n) is 9.17. The highest BCUT2D eigenvalue weighted by atomic mass is 32.1. The third-order valence-corrected chi connectivity index (χ3v) is 3.15. The van der Waals surface area contributed by atoms with Crippen molar-refractivity contribution in [2.24, 2.45) is 0 Å².